The summed E-state index contributed by atoms with van der Waals surface area (Å²) in [6.45, 7) is 1.23. The van der Waals surface area contributed by atoms with Crippen molar-refractivity contribution in [2.75, 3.05) is 6.61 Å². The molecule has 19 nitrogen and oxygen atoms in total. The highest BCUT2D eigenvalue weighted by Crippen LogP contribution is 2.19. The lowest BCUT2D eigenvalue weighted by atomic mass is 10.0. The number of carbonyl (C=O) groups excluding carboxylic acids is 6. The maximum atomic E-state index is 13.3. The number of amides is 6. The zero-order valence-electron chi connectivity index (χ0n) is 30.2. The minimum absolute atomic E-state index is 0.0792. The zero-order chi connectivity index (χ0) is 40.8. The van der Waals surface area contributed by atoms with Crippen LogP contribution in [0.4, 0.5) is 0 Å². The van der Waals surface area contributed by atoms with Gasteiger partial charge in [-0.05, 0) is 43.9 Å². The molecule has 8 atom stereocenters. The standard InChI is InChI=1S/C36H48N8O11/c1-18(46)29(34(52)41-26(36(54)55)14-20-8-4-3-5-9-20)44-35(53)30(19(2)47)43-33(51)27(17-45)42-32(50)25(12-13-28(38)48)40-31(49)23(37)15-21-16-39-24-11-7-6-10-22(21)24/h3-11,16,18-19,23,25-27,29-30,39,45-47H,12-15,17,37H2,1-2H3,(H2,38,48)(H,40,49)(H,41,52)(H,42,50)(H,43,51)(H,44,53)(H,54,55)/t18-,19-,23+,25+,26+,27+,29+,30+/m1/s1. The van der Waals surface area contributed by atoms with Gasteiger partial charge in [0.15, 0.2) is 0 Å². The van der Waals surface area contributed by atoms with Gasteiger partial charge in [-0.2, -0.15) is 0 Å². The van der Waals surface area contributed by atoms with Gasteiger partial charge in [-0.15, -0.1) is 0 Å². The molecule has 0 unspecified atom stereocenters. The van der Waals surface area contributed by atoms with Crippen molar-refractivity contribution in [3.05, 3.63) is 71.9 Å². The highest BCUT2D eigenvalue weighted by molar-refractivity contribution is 5.97. The summed E-state index contributed by atoms with van der Waals surface area (Å²) in [6.07, 6.45) is -2.21. The number of carboxylic acids is 1. The van der Waals surface area contributed by atoms with Crippen LogP contribution in [0.2, 0.25) is 0 Å². The van der Waals surface area contributed by atoms with Crippen LogP contribution < -0.4 is 38.1 Å². The summed E-state index contributed by atoms with van der Waals surface area (Å²) in [5, 5.41) is 52.5. The van der Waals surface area contributed by atoms with Crippen LogP contribution in [0, 0.1) is 0 Å². The Bertz CT molecular complexity index is 1820. The Morgan fingerprint density at radius 2 is 1.22 bits per heavy atom. The van der Waals surface area contributed by atoms with Crippen molar-refractivity contribution in [1.82, 2.24) is 31.6 Å². The van der Waals surface area contributed by atoms with Crippen LogP contribution in [-0.2, 0) is 46.4 Å². The fourth-order valence-corrected chi connectivity index (χ4v) is 5.55. The lowest BCUT2D eigenvalue weighted by molar-refractivity contribution is -0.143. The molecule has 0 saturated heterocycles. The number of rotatable bonds is 21. The smallest absolute Gasteiger partial charge is 0.326 e. The molecule has 19 heteroatoms. The Hall–Kier alpha value is -5.89. The maximum Gasteiger partial charge on any atom is 0.326 e. The number of aliphatic hydroxyl groups excluding tert-OH is 3. The number of hydrogen-bond donors (Lipinski definition) is 12. The summed E-state index contributed by atoms with van der Waals surface area (Å²) in [7, 11) is 0. The SMILES string of the molecule is C[C@@H](O)[C@H](NC(=O)[C@H](CO)NC(=O)[C@H](CCC(N)=O)NC(=O)[C@@H](N)Cc1c[nH]c2ccccc12)C(=O)N[C@H](C(=O)N[C@@H](Cc1ccccc1)C(=O)O)[C@@H](C)O. The molecule has 55 heavy (non-hydrogen) atoms. The van der Waals surface area contributed by atoms with Crippen LogP contribution in [0.5, 0.6) is 0 Å². The fourth-order valence-electron chi connectivity index (χ4n) is 5.55. The lowest BCUT2D eigenvalue weighted by Gasteiger charge is -2.28. The minimum Gasteiger partial charge on any atom is -0.480 e. The van der Waals surface area contributed by atoms with Crippen molar-refractivity contribution in [1.29, 1.82) is 0 Å². The van der Waals surface area contributed by atoms with E-state index < -0.39 is 96.5 Å². The molecule has 0 saturated carbocycles. The minimum atomic E-state index is -1.82. The van der Waals surface area contributed by atoms with Gasteiger partial charge in [0.25, 0.3) is 0 Å². The van der Waals surface area contributed by atoms with Gasteiger partial charge < -0.3 is 63.5 Å². The fraction of sp³-hybridized carbons (Fsp3) is 0.417. The average molecular weight is 769 g/mol. The van der Waals surface area contributed by atoms with E-state index >= 15 is 0 Å². The van der Waals surface area contributed by atoms with Gasteiger partial charge in [-0.3, -0.25) is 28.8 Å². The summed E-state index contributed by atoms with van der Waals surface area (Å²) in [5.41, 5.74) is 13.5. The third kappa shape index (κ3) is 12.9. The van der Waals surface area contributed by atoms with Gasteiger partial charge in [-0.1, -0.05) is 48.5 Å². The van der Waals surface area contributed by atoms with Gasteiger partial charge in [-0.25, -0.2) is 4.79 Å². The van der Waals surface area contributed by atoms with Crippen molar-refractivity contribution in [3.63, 3.8) is 0 Å². The molecule has 0 fully saturated rings. The number of para-hydroxylation sites is 1. The second-order valence-corrected chi connectivity index (χ2v) is 13.0. The van der Waals surface area contributed by atoms with E-state index in [1.807, 2.05) is 24.3 Å². The number of benzene rings is 2. The zero-order valence-corrected chi connectivity index (χ0v) is 30.2. The molecule has 0 radical (unpaired) electrons. The number of primary amides is 1. The number of carbonyl (C=O) groups is 7. The average Bonchev–Trinajstić information content (AvgIpc) is 3.55. The van der Waals surface area contributed by atoms with Crippen molar-refractivity contribution in [2.24, 2.45) is 11.5 Å². The third-order valence-electron chi connectivity index (χ3n) is 8.60. The second-order valence-electron chi connectivity index (χ2n) is 13.0. The van der Waals surface area contributed by atoms with E-state index in [2.05, 4.69) is 31.6 Å². The molecule has 0 bridgehead atoms. The predicted octanol–water partition coefficient (Wildman–Crippen LogP) is -3.19. The summed E-state index contributed by atoms with van der Waals surface area (Å²) in [5.74, 6) is -7.40. The van der Waals surface area contributed by atoms with E-state index in [0.29, 0.717) is 5.56 Å². The summed E-state index contributed by atoms with van der Waals surface area (Å²) in [4.78, 5) is 92.5. The molecule has 0 aliphatic heterocycles. The number of aromatic amines is 1. The molecule has 2 aromatic carbocycles. The Balaban J connectivity index is 1.67. The van der Waals surface area contributed by atoms with E-state index in [0.717, 1.165) is 30.3 Å². The van der Waals surface area contributed by atoms with E-state index in [-0.39, 0.29) is 25.7 Å². The summed E-state index contributed by atoms with van der Waals surface area (Å²) in [6, 6.07) is 6.34. The van der Waals surface area contributed by atoms with Crippen molar-refractivity contribution >= 4 is 52.3 Å². The van der Waals surface area contributed by atoms with Crippen LogP contribution in [0.25, 0.3) is 10.9 Å². The molecular weight excluding hydrogens is 720 g/mol. The molecule has 0 aliphatic carbocycles. The Morgan fingerprint density at radius 1 is 0.691 bits per heavy atom. The highest BCUT2D eigenvalue weighted by atomic mass is 16.4. The predicted molar refractivity (Wildman–Crippen MR) is 196 cm³/mol. The molecule has 6 amide bonds. The van der Waals surface area contributed by atoms with Crippen LogP contribution in [0.15, 0.2) is 60.8 Å². The molecular formula is C36H48N8O11. The molecule has 3 rings (SSSR count). The van der Waals surface area contributed by atoms with E-state index in [1.165, 1.54) is 0 Å². The van der Waals surface area contributed by atoms with Crippen LogP contribution in [-0.4, -0.2) is 122 Å². The van der Waals surface area contributed by atoms with Crippen LogP contribution >= 0.6 is 0 Å². The van der Waals surface area contributed by atoms with Gasteiger partial charge in [0.1, 0.15) is 30.2 Å². The molecule has 0 aliphatic rings. The van der Waals surface area contributed by atoms with Crippen LogP contribution in [0.1, 0.15) is 37.8 Å². The summed E-state index contributed by atoms with van der Waals surface area (Å²) < 4.78 is 0. The lowest BCUT2D eigenvalue weighted by Crippen LogP contribution is -2.63. The number of aliphatic carboxylic acids is 1. The first-order valence-electron chi connectivity index (χ1n) is 17.4. The second kappa shape index (κ2) is 20.5. The van der Waals surface area contributed by atoms with E-state index in [1.54, 1.807) is 36.5 Å². The number of H-pyrrole nitrogens is 1. The monoisotopic (exact) mass is 768 g/mol. The number of aliphatic hydroxyl groups is 3. The van der Waals surface area contributed by atoms with E-state index in [9.17, 15) is 54.0 Å². The first-order chi connectivity index (χ1) is 26.0. The topological polar surface area (TPSA) is 328 Å². The Labute approximate surface area is 315 Å². The van der Waals surface area contributed by atoms with Gasteiger partial charge >= 0.3 is 5.97 Å². The van der Waals surface area contributed by atoms with Gasteiger partial charge in [0.2, 0.25) is 35.4 Å². The highest BCUT2D eigenvalue weighted by Gasteiger charge is 2.36. The quantitative estimate of drug-likeness (QED) is 0.0510. The maximum absolute atomic E-state index is 13.3. The number of hydrogen-bond acceptors (Lipinski definition) is 11. The van der Waals surface area contributed by atoms with Gasteiger partial charge in [0, 0.05) is 29.9 Å². The molecule has 1 aromatic heterocycles. The number of nitrogens with two attached hydrogens (primary N) is 2. The number of aromatic nitrogens is 1. The summed E-state index contributed by atoms with van der Waals surface area (Å²) >= 11 is 0. The van der Waals surface area contributed by atoms with Crippen LogP contribution in [0.3, 0.4) is 0 Å². The van der Waals surface area contributed by atoms with Crippen molar-refractivity contribution in [2.45, 2.75) is 88.0 Å². The molecule has 3 aromatic rings. The number of fused-ring (bicyclic) bond motifs is 1. The first-order valence-corrected chi connectivity index (χ1v) is 17.4. The largest absolute Gasteiger partial charge is 0.480 e. The van der Waals surface area contributed by atoms with Crippen molar-refractivity contribution < 1.29 is 54.0 Å². The normalized spacial score (nSPS) is 15.5. The number of carboxylic acid groups (broad SMARTS) is 1. The molecule has 1 heterocycles. The van der Waals surface area contributed by atoms with E-state index in [4.69, 9.17) is 11.5 Å². The number of nitrogens with one attached hydrogen (secondary N) is 6. The molecule has 298 valence electrons. The first kappa shape index (κ1) is 43.5. The van der Waals surface area contributed by atoms with Crippen molar-refractivity contribution in [3.8, 4) is 0 Å². The third-order valence-corrected chi connectivity index (χ3v) is 8.60. The van der Waals surface area contributed by atoms with Gasteiger partial charge in [0.05, 0.1) is 24.9 Å². The molecule has 14 N–H and O–H groups in total. The molecule has 0 spiro atoms. The Morgan fingerprint density at radius 3 is 1.80 bits per heavy atom. The Kier molecular flexibility index (Phi) is 16.2.